The minimum atomic E-state index is -3.25. The zero-order valence-electron chi connectivity index (χ0n) is 14.7. The van der Waals surface area contributed by atoms with Crippen LogP contribution < -0.4 is 0 Å². The van der Waals surface area contributed by atoms with Crippen molar-refractivity contribution in [2.45, 2.75) is 49.6 Å². The first-order chi connectivity index (χ1) is 11.8. The third-order valence-corrected chi connectivity index (χ3v) is 6.29. The highest BCUT2D eigenvalue weighted by Crippen LogP contribution is 2.29. The summed E-state index contributed by atoms with van der Waals surface area (Å²) in [6.45, 7) is 7.59. The quantitative estimate of drug-likeness (QED) is 0.712. The van der Waals surface area contributed by atoms with Crippen LogP contribution in [0.2, 0.25) is 5.15 Å². The van der Waals surface area contributed by atoms with Crippen molar-refractivity contribution in [3.63, 3.8) is 0 Å². The van der Waals surface area contributed by atoms with Crippen molar-refractivity contribution in [2.24, 2.45) is 4.36 Å². The Kier molecular flexibility index (Phi) is 6.19. The fourth-order valence-corrected chi connectivity index (χ4v) is 4.88. The van der Waals surface area contributed by atoms with Gasteiger partial charge in [0, 0.05) is 18.3 Å². The summed E-state index contributed by atoms with van der Waals surface area (Å²) in [6, 6.07) is 11.2. The van der Waals surface area contributed by atoms with E-state index in [-0.39, 0.29) is 22.1 Å². The second-order valence-corrected chi connectivity index (χ2v) is 8.60. The van der Waals surface area contributed by atoms with Crippen molar-refractivity contribution in [2.75, 3.05) is 0 Å². The number of amides is 2. The maximum Gasteiger partial charge on any atom is 0.352 e. The Morgan fingerprint density at radius 1 is 1.08 bits per heavy atom. The van der Waals surface area contributed by atoms with E-state index in [2.05, 4.69) is 9.35 Å². The maximum absolute atomic E-state index is 13.8. The van der Waals surface area contributed by atoms with Crippen molar-refractivity contribution in [1.29, 1.82) is 0 Å². The minimum absolute atomic E-state index is 0.0694. The first-order valence-electron chi connectivity index (χ1n) is 8.02. The van der Waals surface area contributed by atoms with Gasteiger partial charge in [-0.1, -0.05) is 29.8 Å². The molecule has 0 aliphatic rings. The molecule has 0 spiro atoms. The van der Waals surface area contributed by atoms with Crippen LogP contribution in [0.4, 0.5) is 4.79 Å². The average Bonchev–Trinajstić information content (AvgIpc) is 2.55. The molecule has 0 radical (unpaired) electrons. The fraction of sp³-hybridized carbons (Fsp3) is 0.333. The molecule has 2 aromatic rings. The summed E-state index contributed by atoms with van der Waals surface area (Å²) >= 11 is 6.17. The van der Waals surface area contributed by atoms with E-state index in [4.69, 9.17) is 11.6 Å². The molecule has 1 heterocycles. The van der Waals surface area contributed by atoms with Crippen LogP contribution in [0.25, 0.3) is 0 Å². The lowest BCUT2D eigenvalue weighted by atomic mass is 10.2. The van der Waals surface area contributed by atoms with Crippen LogP contribution in [-0.4, -0.2) is 32.2 Å². The molecular weight excluding hydrogens is 358 g/mol. The lowest BCUT2D eigenvalue weighted by Crippen LogP contribution is -2.40. The van der Waals surface area contributed by atoms with Gasteiger partial charge in [-0.2, -0.15) is 0 Å². The van der Waals surface area contributed by atoms with E-state index in [0.717, 1.165) is 0 Å². The first kappa shape index (κ1) is 19.4. The molecule has 0 unspecified atom stereocenters. The Labute approximate surface area is 154 Å². The summed E-state index contributed by atoms with van der Waals surface area (Å²) in [5.74, 6) is 0. The molecule has 0 aliphatic heterocycles. The number of urea groups is 1. The number of rotatable bonds is 4. The number of pyridine rings is 1. The molecule has 1 atom stereocenters. The molecule has 0 saturated carbocycles. The SMILES string of the molecule is CC(C)N(C(=O)N=[S@@](=O)(c1ccccc1)c1cccnc1Cl)C(C)C. The smallest absolute Gasteiger partial charge is 0.318 e. The molecule has 7 heteroatoms. The highest BCUT2D eigenvalue weighted by molar-refractivity contribution is 7.94. The number of hydrogen-bond donors (Lipinski definition) is 0. The van der Waals surface area contributed by atoms with E-state index in [9.17, 15) is 9.00 Å². The molecular formula is C18H22ClN3O2S. The van der Waals surface area contributed by atoms with Crippen molar-refractivity contribution >= 4 is 27.4 Å². The molecule has 5 nitrogen and oxygen atoms in total. The summed E-state index contributed by atoms with van der Waals surface area (Å²) in [4.78, 5) is 19.1. The van der Waals surface area contributed by atoms with Crippen LogP contribution in [0.3, 0.4) is 0 Å². The van der Waals surface area contributed by atoms with E-state index < -0.39 is 15.8 Å². The van der Waals surface area contributed by atoms with Crippen molar-refractivity contribution < 1.29 is 9.00 Å². The van der Waals surface area contributed by atoms with Crippen LogP contribution in [-0.2, 0) is 9.73 Å². The van der Waals surface area contributed by atoms with Crippen LogP contribution >= 0.6 is 11.6 Å². The molecule has 0 aliphatic carbocycles. The first-order valence-corrected chi connectivity index (χ1v) is 9.91. The summed E-state index contributed by atoms with van der Waals surface area (Å²) < 4.78 is 18.0. The van der Waals surface area contributed by atoms with Gasteiger partial charge < -0.3 is 4.90 Å². The third kappa shape index (κ3) is 4.19. The van der Waals surface area contributed by atoms with Crippen molar-refractivity contribution in [3.05, 3.63) is 53.8 Å². The Morgan fingerprint density at radius 2 is 1.68 bits per heavy atom. The number of nitrogens with zero attached hydrogens (tertiary/aromatic N) is 3. The zero-order chi connectivity index (χ0) is 18.6. The molecule has 2 amide bonds. The van der Waals surface area contributed by atoms with E-state index in [1.165, 1.54) is 6.20 Å². The fourth-order valence-electron chi connectivity index (χ4n) is 2.61. The second-order valence-electron chi connectivity index (χ2n) is 6.10. The van der Waals surface area contributed by atoms with Gasteiger partial charge >= 0.3 is 6.03 Å². The molecule has 1 aromatic heterocycles. The molecule has 134 valence electrons. The predicted octanol–water partition coefficient (Wildman–Crippen LogP) is 4.86. The van der Waals surface area contributed by atoms with E-state index in [1.54, 1.807) is 41.3 Å². The molecule has 0 bridgehead atoms. The van der Waals surface area contributed by atoms with Gasteiger partial charge in [0.25, 0.3) is 0 Å². The second kappa shape index (κ2) is 7.97. The molecule has 2 rings (SSSR count). The Hall–Kier alpha value is -1.92. The monoisotopic (exact) mass is 379 g/mol. The van der Waals surface area contributed by atoms with Gasteiger partial charge in [-0.25, -0.2) is 14.0 Å². The lowest BCUT2D eigenvalue weighted by molar-refractivity contribution is 0.175. The average molecular weight is 380 g/mol. The molecule has 0 saturated heterocycles. The van der Waals surface area contributed by atoms with Crippen LogP contribution in [0, 0.1) is 0 Å². The number of aromatic nitrogens is 1. The summed E-state index contributed by atoms with van der Waals surface area (Å²) in [6.07, 6.45) is 1.51. The summed E-state index contributed by atoms with van der Waals surface area (Å²) in [5, 5.41) is 0.0774. The van der Waals surface area contributed by atoms with E-state index >= 15 is 0 Å². The highest BCUT2D eigenvalue weighted by atomic mass is 35.5. The molecule has 0 N–H and O–H groups in total. The number of carbonyl (C=O) groups excluding carboxylic acids is 1. The van der Waals surface area contributed by atoms with Crippen LogP contribution in [0.5, 0.6) is 0 Å². The van der Waals surface area contributed by atoms with Gasteiger partial charge in [0.2, 0.25) is 0 Å². The Balaban J connectivity index is 2.71. The van der Waals surface area contributed by atoms with Gasteiger partial charge in [-0.05, 0) is 52.0 Å². The molecule has 0 fully saturated rings. The number of halogens is 1. The van der Waals surface area contributed by atoms with E-state index in [0.29, 0.717) is 4.90 Å². The molecule has 1 aromatic carbocycles. The standard InChI is InChI=1S/C18H22ClN3O2S/c1-13(2)22(14(3)4)18(23)21-25(24,15-9-6-5-7-10-15)16-11-8-12-20-17(16)19/h5-14H,1-4H3/t25-/m1/s1. The van der Waals surface area contributed by atoms with Gasteiger partial charge in [0.15, 0.2) is 0 Å². The van der Waals surface area contributed by atoms with Crippen LogP contribution in [0.1, 0.15) is 27.7 Å². The van der Waals surface area contributed by atoms with Gasteiger partial charge in [-0.3, -0.25) is 0 Å². The predicted molar refractivity (Wildman–Crippen MR) is 100 cm³/mol. The lowest BCUT2D eigenvalue weighted by Gasteiger charge is -2.29. The van der Waals surface area contributed by atoms with Gasteiger partial charge in [-0.15, -0.1) is 4.36 Å². The van der Waals surface area contributed by atoms with Gasteiger partial charge in [0.1, 0.15) is 14.9 Å². The summed E-state index contributed by atoms with van der Waals surface area (Å²) in [5.41, 5.74) is 0. The number of hydrogen-bond acceptors (Lipinski definition) is 3. The number of carbonyl (C=O) groups is 1. The normalized spacial score (nSPS) is 13.6. The number of benzene rings is 1. The zero-order valence-corrected chi connectivity index (χ0v) is 16.3. The van der Waals surface area contributed by atoms with E-state index in [1.807, 2.05) is 33.8 Å². The van der Waals surface area contributed by atoms with Crippen molar-refractivity contribution in [1.82, 2.24) is 9.88 Å². The highest BCUT2D eigenvalue weighted by Gasteiger charge is 2.26. The Bertz CT molecular complexity index is 852. The van der Waals surface area contributed by atoms with Gasteiger partial charge in [0.05, 0.1) is 9.79 Å². The van der Waals surface area contributed by atoms with Crippen molar-refractivity contribution in [3.8, 4) is 0 Å². The topological polar surface area (TPSA) is 62.6 Å². The van der Waals surface area contributed by atoms with Crippen LogP contribution in [0.15, 0.2) is 62.8 Å². The Morgan fingerprint density at radius 3 is 2.20 bits per heavy atom. The summed E-state index contributed by atoms with van der Waals surface area (Å²) in [7, 11) is -3.25. The third-order valence-electron chi connectivity index (χ3n) is 3.63. The largest absolute Gasteiger partial charge is 0.352 e. The maximum atomic E-state index is 13.8. The minimum Gasteiger partial charge on any atom is -0.318 e. The molecule has 25 heavy (non-hydrogen) atoms.